The van der Waals surface area contributed by atoms with Crippen LogP contribution in [0.3, 0.4) is 0 Å². The molecule has 141 heavy (non-hydrogen) atoms. The minimum absolute atomic E-state index is 0.0299. The molecular weight excluding hydrogens is 1890 g/mol. The van der Waals surface area contributed by atoms with Crippen molar-refractivity contribution in [1.82, 2.24) is 54.4 Å². The Hall–Kier alpha value is -13.0. The van der Waals surface area contributed by atoms with Crippen LogP contribution in [0, 0.1) is 24.1 Å². The van der Waals surface area contributed by atoms with Gasteiger partial charge < -0.3 is 58.3 Å². The summed E-state index contributed by atoms with van der Waals surface area (Å²) in [5.41, 5.74) is 19.4. The third kappa shape index (κ3) is 20.5. The van der Waals surface area contributed by atoms with Gasteiger partial charge in [-0.2, -0.15) is 5.26 Å². The van der Waals surface area contributed by atoms with Gasteiger partial charge in [0.15, 0.2) is 30.5 Å². The van der Waals surface area contributed by atoms with E-state index in [1.165, 1.54) is 44.2 Å². The number of carbonyl (C=O) groups is 5. The molecule has 5 saturated heterocycles. The van der Waals surface area contributed by atoms with Gasteiger partial charge in [-0.05, 0) is 276 Å². The van der Waals surface area contributed by atoms with Crippen molar-refractivity contribution in [2.75, 3.05) is 65.4 Å². The molecule has 24 rings (SSSR count). The first-order valence-corrected chi connectivity index (χ1v) is 50.7. The zero-order valence-corrected chi connectivity index (χ0v) is 81.8. The summed E-state index contributed by atoms with van der Waals surface area (Å²) in [5, 5.41) is 25.3. The summed E-state index contributed by atoms with van der Waals surface area (Å²) >= 11 is 32.0. The summed E-state index contributed by atoms with van der Waals surface area (Å²) in [6.45, 7) is 10.1. The van der Waals surface area contributed by atoms with Gasteiger partial charge in [0.2, 0.25) is 0 Å². The number of halogens is 6. The maximum atomic E-state index is 13.9. The van der Waals surface area contributed by atoms with Crippen LogP contribution in [0.1, 0.15) is 141 Å². The second-order valence-corrected chi connectivity index (χ2v) is 39.8. The van der Waals surface area contributed by atoms with E-state index in [0.717, 1.165) is 274 Å². The van der Waals surface area contributed by atoms with Crippen LogP contribution < -0.4 is 23.7 Å². The van der Waals surface area contributed by atoms with Gasteiger partial charge >= 0.3 is 0 Å². The fourth-order valence-electron chi connectivity index (χ4n) is 21.2. The lowest BCUT2D eigenvalue weighted by Crippen LogP contribution is -2.43. The summed E-state index contributed by atoms with van der Waals surface area (Å²) in [5.74, 6) is 3.68. The van der Waals surface area contributed by atoms with Gasteiger partial charge in [0.1, 0.15) is 40.2 Å². The van der Waals surface area contributed by atoms with Crippen LogP contribution in [-0.4, -0.2) is 185 Å². The summed E-state index contributed by atoms with van der Waals surface area (Å²) in [6, 6.07) is 48.3. The summed E-state index contributed by atoms with van der Waals surface area (Å²) < 4.78 is 44.9. The summed E-state index contributed by atoms with van der Waals surface area (Å²) in [4.78, 5) is 99.2. The molecule has 5 fully saturated rings. The third-order valence-corrected chi connectivity index (χ3v) is 29.3. The van der Waals surface area contributed by atoms with Crippen LogP contribution in [0.25, 0.3) is 99.4 Å². The molecule has 10 aliphatic rings. The molecule has 0 saturated carbocycles. The number of hydrogen-bond donors (Lipinski definition) is 2. The molecule has 6 aromatic heterocycles. The van der Waals surface area contributed by atoms with Crippen molar-refractivity contribution < 1.29 is 57.2 Å². The molecule has 14 aromatic rings. The number of H-pyrrole nitrogens is 1. The lowest BCUT2D eigenvalue weighted by molar-refractivity contribution is -0.139. The zero-order chi connectivity index (χ0) is 97.1. The maximum Gasteiger partial charge on any atom is 0.263 e. The topological polar surface area (TPSA) is 272 Å². The number of aryl methyl sites for hydroxylation is 1. The van der Waals surface area contributed by atoms with Crippen LogP contribution >= 0.6 is 58.0 Å². The molecule has 2 N–H and O–H groups in total. The highest BCUT2D eigenvalue weighted by Gasteiger charge is 2.42. The van der Waals surface area contributed by atoms with Gasteiger partial charge in [-0.3, -0.25) is 43.9 Å². The fraction of sp³-hybridized carbons (Fsp3) is 0.330. The second kappa shape index (κ2) is 42.4. The number of piperidine rings is 5. The highest BCUT2D eigenvalue weighted by molar-refractivity contribution is 6.33. The quantitative estimate of drug-likeness (QED) is 0.122. The standard InChI is InChI=1S/C24H20ClN3O2.C24H23ClN2O3.C23H20ClFN2O2.C21H20ClN3O2.C20H21ClN2O2/c25-17-11-16-12-22(24(29)28-8-2-1-3-9-28)30-23(16)20(13-17)18-6-7-27-21-10-15(14-26)4-5-19(18)21;25-17-11-16-12-22(24(29)27-8-2-1-3-9-27)30-23(16)20(13-17)18-6-7-26-21-10-15(14-28)4-5-19(18)21;24-15-10-14-11-21(23(28)27-8-2-1-3-9-27)29-22(14)19(12-15)17-6-7-26-20-5-4-16(25)13-18(17)20;22-14-10-13-11-18(21(26)25-8-2-1-3-9-25)27-19(13)17(12-14)15-4-6-23-20-16(15)5-7-24-20;1-13-12-22-6-5-16(13)17-11-15(21)9-14-10-18(25-19(14)17)20(24)23-7-3-2-4-8-23/h4-7,10-11,13,22H,1-3,8-9,12H2;4-7,10-11,13,22,28H,1-3,8-9,12,14H2;4-7,10,12-13,21H,1-3,8-9,11H2;4-7,10,12,18H,1-3,8-9,11H2,(H,23,24);5-6,9,11-12,18H,2-4,7-8,10H2,1H3/t;;;18-;/m...1./s1. The number of aromatic nitrogens is 6. The molecule has 23 nitrogen and oxygen atoms in total. The van der Waals surface area contributed by atoms with Crippen molar-refractivity contribution in [3.8, 4) is 90.5 Å². The SMILES string of the molecule is Cc1cnccc1-c1cc(Cl)cc2c1OC(C(=O)N1CCCCC1)C2.N#Cc1ccc2c(-c3cc(Cl)cc4c3OC(C(=O)N3CCCCC3)C4)ccnc2c1.O=C(C1Cc2cc(Cl)cc(-c3ccnc4cc(CO)ccc34)c2O1)N1CCCCC1.O=C(C1Cc2cc(Cl)cc(-c3ccnc4ccc(F)cc34)c2O1)N1CCCCC1.O=C([C@H]1Cc2cc(Cl)cc(-c3ccnc4[nH]ccc34)c2O1)N1CCCCC1. The predicted octanol–water partition coefficient (Wildman–Crippen LogP) is 22.3. The smallest absolute Gasteiger partial charge is 0.263 e. The Morgan fingerprint density at radius 1 is 0.362 bits per heavy atom. The number of nitriles is 1. The number of rotatable bonds is 11. The van der Waals surface area contributed by atoms with Crippen molar-refractivity contribution in [3.05, 3.63) is 270 Å². The first-order valence-electron chi connectivity index (χ1n) is 48.8. The largest absolute Gasteiger partial charge is 0.479 e. The molecule has 720 valence electrons. The molecule has 0 spiro atoms. The van der Waals surface area contributed by atoms with E-state index in [2.05, 4.69) is 36.0 Å². The van der Waals surface area contributed by atoms with E-state index < -0.39 is 30.5 Å². The summed E-state index contributed by atoms with van der Waals surface area (Å²) in [6.07, 6.45) is 29.2. The molecule has 5 amide bonds. The Morgan fingerprint density at radius 3 is 1.05 bits per heavy atom. The third-order valence-electron chi connectivity index (χ3n) is 28.2. The average Bonchev–Trinajstić information content (AvgIpc) is 1.61. The molecule has 0 radical (unpaired) electrons. The number of amides is 5. The zero-order valence-electron chi connectivity index (χ0n) is 78.0. The number of aliphatic hydroxyl groups excluding tert-OH is 1. The number of ether oxygens (including phenoxy) is 5. The van der Waals surface area contributed by atoms with E-state index in [-0.39, 0.29) is 42.0 Å². The molecule has 16 heterocycles. The van der Waals surface area contributed by atoms with Gasteiger partial charge in [-0.25, -0.2) is 9.37 Å². The predicted molar refractivity (Wildman–Crippen MR) is 546 cm³/mol. The highest BCUT2D eigenvalue weighted by atomic mass is 35.5. The molecule has 0 bridgehead atoms. The Kier molecular flexibility index (Phi) is 28.8. The first kappa shape index (κ1) is 95.5. The number of pyridine rings is 5. The number of benzene rings is 8. The lowest BCUT2D eigenvalue weighted by atomic mass is 9.97. The fourth-order valence-corrected chi connectivity index (χ4v) is 22.4. The van der Waals surface area contributed by atoms with Gasteiger partial charge in [-0.1, -0.05) is 76.2 Å². The van der Waals surface area contributed by atoms with Gasteiger partial charge in [0.05, 0.1) is 34.8 Å². The van der Waals surface area contributed by atoms with E-state index >= 15 is 0 Å². The lowest BCUT2D eigenvalue weighted by Gasteiger charge is -2.28. The molecule has 5 atom stereocenters. The molecule has 10 aliphatic heterocycles. The maximum absolute atomic E-state index is 13.9. The number of likely N-dealkylation sites (tertiary alicyclic amines) is 5. The first-order chi connectivity index (χ1) is 68.7. The minimum atomic E-state index is -0.537. The van der Waals surface area contributed by atoms with Crippen molar-refractivity contribution in [2.45, 2.75) is 172 Å². The van der Waals surface area contributed by atoms with E-state index in [0.29, 0.717) is 85.2 Å². The molecule has 0 aliphatic carbocycles. The van der Waals surface area contributed by atoms with Gasteiger partial charge in [0.25, 0.3) is 29.5 Å². The Balaban J connectivity index is 0.000000108. The van der Waals surface area contributed by atoms with Gasteiger partial charge in [-0.15, -0.1) is 0 Å². The Morgan fingerprint density at radius 2 is 0.688 bits per heavy atom. The number of hydrogen-bond acceptors (Lipinski definition) is 17. The Labute approximate surface area is 841 Å². The van der Waals surface area contributed by atoms with E-state index in [4.69, 9.17) is 81.7 Å². The van der Waals surface area contributed by atoms with Crippen molar-refractivity contribution >= 4 is 131 Å². The van der Waals surface area contributed by atoms with Crippen LogP contribution in [0.5, 0.6) is 28.7 Å². The van der Waals surface area contributed by atoms with E-state index in [1.54, 1.807) is 49.2 Å². The van der Waals surface area contributed by atoms with Crippen molar-refractivity contribution in [2.24, 2.45) is 0 Å². The van der Waals surface area contributed by atoms with Crippen LogP contribution in [0.4, 0.5) is 4.39 Å². The highest BCUT2D eigenvalue weighted by Crippen LogP contribution is 2.50. The van der Waals surface area contributed by atoms with Crippen molar-refractivity contribution in [1.29, 1.82) is 5.26 Å². The monoisotopic (exact) mass is 1990 g/mol. The van der Waals surface area contributed by atoms with Crippen molar-refractivity contribution in [3.63, 3.8) is 0 Å². The van der Waals surface area contributed by atoms with Crippen LogP contribution in [0.2, 0.25) is 25.1 Å². The second-order valence-electron chi connectivity index (χ2n) is 37.6. The van der Waals surface area contributed by atoms with Crippen LogP contribution in [-0.2, 0) is 62.7 Å². The van der Waals surface area contributed by atoms with E-state index in [1.807, 2.05) is 165 Å². The minimum Gasteiger partial charge on any atom is -0.479 e. The number of aromatic amines is 1. The normalized spacial score (nSPS) is 18.7. The molecule has 4 unspecified atom stereocenters. The van der Waals surface area contributed by atoms with Crippen LogP contribution in [0.15, 0.2) is 195 Å². The number of nitrogens with zero attached hydrogens (tertiary/aromatic N) is 11. The molecule has 29 heteroatoms. The average molecular weight is 1990 g/mol. The number of carbonyl (C=O) groups excluding carboxylic acids is 5. The number of nitrogens with one attached hydrogen (secondary N) is 1. The Bertz CT molecular complexity index is 7230. The molecule has 8 aromatic carbocycles. The van der Waals surface area contributed by atoms with E-state index in [9.17, 15) is 38.7 Å². The summed E-state index contributed by atoms with van der Waals surface area (Å²) in [7, 11) is 0. The molecular formula is C112H104Cl5FN12O11. The van der Waals surface area contributed by atoms with Gasteiger partial charge in [0, 0.05) is 243 Å². The number of aliphatic hydroxyl groups is 1. The number of fused-ring (bicyclic) bond motifs is 9.